The molecule has 0 aliphatic carbocycles. The average Bonchev–Trinajstić information content (AvgIpc) is 2.58. The summed E-state index contributed by atoms with van der Waals surface area (Å²) in [6.45, 7) is 0.930. The Morgan fingerprint density at radius 1 is 1.17 bits per heavy atom. The van der Waals surface area contributed by atoms with Gasteiger partial charge in [-0.1, -0.05) is 6.07 Å². The number of amides is 1. The topological polar surface area (TPSA) is 72.9 Å². The van der Waals surface area contributed by atoms with Crippen LogP contribution in [0.2, 0.25) is 0 Å². The molecule has 0 bridgehead atoms. The molecular weight excluding hydrogens is 330 g/mol. The highest BCUT2D eigenvalue weighted by Gasteiger charge is 2.27. The first-order valence-corrected chi connectivity index (χ1v) is 9.68. The number of sulfone groups is 1. The summed E-state index contributed by atoms with van der Waals surface area (Å²) in [6.07, 6.45) is 5.46. The zero-order valence-electron chi connectivity index (χ0n) is 14.2. The van der Waals surface area contributed by atoms with Crippen molar-refractivity contribution in [3.8, 4) is 11.5 Å². The second-order valence-electron chi connectivity index (χ2n) is 5.80. The summed E-state index contributed by atoms with van der Waals surface area (Å²) in [4.78, 5) is 13.9. The Morgan fingerprint density at radius 3 is 2.33 bits per heavy atom. The third kappa shape index (κ3) is 4.50. The number of piperidine rings is 1. The first-order chi connectivity index (χ1) is 11.3. The molecule has 1 fully saturated rings. The van der Waals surface area contributed by atoms with Crippen LogP contribution in [0.3, 0.4) is 0 Å². The summed E-state index contributed by atoms with van der Waals surface area (Å²) >= 11 is 0. The first kappa shape index (κ1) is 18.3. The predicted molar refractivity (Wildman–Crippen MR) is 93.0 cm³/mol. The van der Waals surface area contributed by atoms with Crippen LogP contribution in [0.4, 0.5) is 0 Å². The van der Waals surface area contributed by atoms with E-state index in [9.17, 15) is 13.2 Å². The summed E-state index contributed by atoms with van der Waals surface area (Å²) in [7, 11) is 0.0981. The van der Waals surface area contributed by atoms with Crippen LogP contribution in [0.15, 0.2) is 24.3 Å². The number of ether oxygens (including phenoxy) is 2. The van der Waals surface area contributed by atoms with Gasteiger partial charge in [0, 0.05) is 25.4 Å². The number of carbonyl (C=O) groups is 1. The molecule has 1 amide bonds. The minimum atomic E-state index is -3.03. The lowest BCUT2D eigenvalue weighted by Gasteiger charge is -2.30. The number of benzene rings is 1. The van der Waals surface area contributed by atoms with Gasteiger partial charge in [-0.2, -0.15) is 0 Å². The van der Waals surface area contributed by atoms with Crippen LogP contribution < -0.4 is 9.47 Å². The lowest BCUT2D eigenvalue weighted by Crippen LogP contribution is -2.41. The van der Waals surface area contributed by atoms with Gasteiger partial charge >= 0.3 is 0 Å². The Kier molecular flexibility index (Phi) is 5.88. The van der Waals surface area contributed by atoms with Crippen LogP contribution in [0.5, 0.6) is 11.5 Å². The second kappa shape index (κ2) is 7.70. The molecule has 7 heteroatoms. The maximum absolute atomic E-state index is 12.2. The van der Waals surface area contributed by atoms with E-state index < -0.39 is 9.84 Å². The van der Waals surface area contributed by atoms with Crippen LogP contribution >= 0.6 is 0 Å². The number of hydrogen-bond acceptors (Lipinski definition) is 5. The molecule has 0 unspecified atom stereocenters. The van der Waals surface area contributed by atoms with Gasteiger partial charge in [0.15, 0.2) is 11.5 Å². The van der Waals surface area contributed by atoms with Gasteiger partial charge in [0.2, 0.25) is 5.91 Å². The fraction of sp³-hybridized carbons (Fsp3) is 0.471. The highest BCUT2D eigenvalue weighted by molar-refractivity contribution is 7.91. The third-order valence-electron chi connectivity index (χ3n) is 4.19. The van der Waals surface area contributed by atoms with E-state index in [4.69, 9.17) is 9.47 Å². The molecule has 1 heterocycles. The smallest absolute Gasteiger partial charge is 0.246 e. The summed E-state index contributed by atoms with van der Waals surface area (Å²) in [6, 6.07) is 5.40. The van der Waals surface area contributed by atoms with Gasteiger partial charge in [-0.25, -0.2) is 8.42 Å². The summed E-state index contributed by atoms with van der Waals surface area (Å²) in [5, 5.41) is -0.337. The Hall–Kier alpha value is -2.02. The van der Waals surface area contributed by atoms with E-state index >= 15 is 0 Å². The average molecular weight is 353 g/mol. The molecule has 1 aliphatic heterocycles. The van der Waals surface area contributed by atoms with Gasteiger partial charge < -0.3 is 14.4 Å². The minimum absolute atomic E-state index is 0.114. The molecule has 1 saturated heterocycles. The molecule has 132 valence electrons. The molecule has 24 heavy (non-hydrogen) atoms. The van der Waals surface area contributed by atoms with Gasteiger partial charge in [0.25, 0.3) is 0 Å². The van der Waals surface area contributed by atoms with Crippen molar-refractivity contribution in [3.63, 3.8) is 0 Å². The Balaban J connectivity index is 1.99. The monoisotopic (exact) mass is 353 g/mol. The van der Waals surface area contributed by atoms with Gasteiger partial charge in [-0.15, -0.1) is 0 Å². The lowest BCUT2D eigenvalue weighted by molar-refractivity contribution is -0.126. The van der Waals surface area contributed by atoms with Crippen molar-refractivity contribution in [2.75, 3.05) is 33.6 Å². The van der Waals surface area contributed by atoms with Crippen molar-refractivity contribution in [2.24, 2.45) is 0 Å². The number of hydrogen-bond donors (Lipinski definition) is 0. The van der Waals surface area contributed by atoms with Crippen LogP contribution in [-0.2, 0) is 14.6 Å². The molecular formula is C17H23NO5S. The van der Waals surface area contributed by atoms with Crippen molar-refractivity contribution >= 4 is 21.8 Å². The molecule has 0 saturated carbocycles. The summed E-state index contributed by atoms with van der Waals surface area (Å²) in [5.41, 5.74) is 0.826. The Morgan fingerprint density at radius 2 is 1.79 bits per heavy atom. The highest BCUT2D eigenvalue weighted by Crippen LogP contribution is 2.28. The molecule has 0 N–H and O–H groups in total. The second-order valence-corrected chi connectivity index (χ2v) is 8.13. The molecule has 0 aromatic heterocycles. The van der Waals surface area contributed by atoms with Crippen LogP contribution in [0, 0.1) is 0 Å². The van der Waals surface area contributed by atoms with Gasteiger partial charge in [-0.3, -0.25) is 4.79 Å². The standard InChI is InChI=1S/C17H23NO5S/c1-22-15-6-4-13(12-16(15)23-2)5-7-17(19)18-10-8-14(9-11-18)24(3,20)21/h4-7,12,14H,8-11H2,1-3H3/b7-5+. The molecule has 0 atom stereocenters. The largest absolute Gasteiger partial charge is 0.493 e. The molecule has 0 spiro atoms. The summed E-state index contributed by atoms with van der Waals surface area (Å²) in [5.74, 6) is 1.11. The SMILES string of the molecule is COc1ccc(/C=C/C(=O)N2CCC(S(C)(=O)=O)CC2)cc1OC. The molecule has 2 rings (SSSR count). The van der Waals surface area contributed by atoms with E-state index in [2.05, 4.69) is 0 Å². The van der Waals surface area contributed by atoms with Crippen molar-refractivity contribution in [2.45, 2.75) is 18.1 Å². The van der Waals surface area contributed by atoms with Crippen molar-refractivity contribution in [3.05, 3.63) is 29.8 Å². The molecule has 1 aliphatic rings. The fourth-order valence-corrected chi connectivity index (χ4v) is 3.80. The Bertz CT molecular complexity index is 718. The quantitative estimate of drug-likeness (QED) is 0.754. The van der Waals surface area contributed by atoms with E-state index in [1.54, 1.807) is 37.3 Å². The molecule has 6 nitrogen and oxygen atoms in total. The van der Waals surface area contributed by atoms with Gasteiger partial charge in [-0.05, 0) is 36.6 Å². The fourth-order valence-electron chi connectivity index (χ4n) is 2.73. The lowest BCUT2D eigenvalue weighted by atomic mass is 10.1. The predicted octanol–water partition coefficient (Wildman–Crippen LogP) is 1.75. The van der Waals surface area contributed by atoms with E-state index in [-0.39, 0.29) is 11.2 Å². The van der Waals surface area contributed by atoms with Crippen LogP contribution in [0.1, 0.15) is 18.4 Å². The molecule has 1 aromatic rings. The van der Waals surface area contributed by atoms with E-state index in [0.717, 1.165) is 5.56 Å². The zero-order chi connectivity index (χ0) is 17.7. The van der Waals surface area contributed by atoms with Crippen LogP contribution in [0.25, 0.3) is 6.08 Å². The minimum Gasteiger partial charge on any atom is -0.493 e. The number of methoxy groups -OCH3 is 2. The third-order valence-corrected chi connectivity index (χ3v) is 5.87. The van der Waals surface area contributed by atoms with E-state index in [1.165, 1.54) is 12.3 Å². The normalized spacial score (nSPS) is 16.4. The number of nitrogens with zero attached hydrogens (tertiary/aromatic N) is 1. The maximum atomic E-state index is 12.2. The summed E-state index contributed by atoms with van der Waals surface area (Å²) < 4.78 is 33.5. The maximum Gasteiger partial charge on any atom is 0.246 e. The Labute approximate surface area is 143 Å². The van der Waals surface area contributed by atoms with E-state index in [0.29, 0.717) is 37.4 Å². The molecule has 0 radical (unpaired) electrons. The van der Waals surface area contributed by atoms with Gasteiger partial charge in [0.05, 0.1) is 19.5 Å². The van der Waals surface area contributed by atoms with Gasteiger partial charge in [0.1, 0.15) is 9.84 Å². The van der Waals surface area contributed by atoms with Crippen molar-refractivity contribution in [1.82, 2.24) is 4.90 Å². The van der Waals surface area contributed by atoms with Crippen LogP contribution in [-0.4, -0.2) is 58.0 Å². The number of rotatable bonds is 5. The molecule has 1 aromatic carbocycles. The zero-order valence-corrected chi connectivity index (χ0v) is 15.0. The first-order valence-electron chi connectivity index (χ1n) is 7.73. The number of likely N-dealkylation sites (tertiary alicyclic amines) is 1. The van der Waals surface area contributed by atoms with Crippen molar-refractivity contribution in [1.29, 1.82) is 0 Å². The van der Waals surface area contributed by atoms with Crippen molar-refractivity contribution < 1.29 is 22.7 Å². The highest BCUT2D eigenvalue weighted by atomic mass is 32.2. The number of carbonyl (C=O) groups excluding carboxylic acids is 1. The van der Waals surface area contributed by atoms with E-state index in [1.807, 2.05) is 6.07 Å².